The standard InChI is InChI=1S/C23H24ClN3O3S/c1-28-19-12-15(13-20(29-2)22(19)30-3)21-18-8-5-9-26(18)10-11-27(21)23(31)25-17-7-4-6-16(24)14-17/h4-9,12-14,21H,10-11H2,1-3H3,(H,25,31). The summed E-state index contributed by atoms with van der Waals surface area (Å²) in [4.78, 5) is 2.17. The fourth-order valence-electron chi connectivity index (χ4n) is 3.97. The molecule has 1 N–H and O–H groups in total. The second-order valence-corrected chi connectivity index (χ2v) is 7.94. The number of nitrogens with zero attached hydrogens (tertiary/aromatic N) is 2. The van der Waals surface area contributed by atoms with Gasteiger partial charge >= 0.3 is 0 Å². The number of rotatable bonds is 5. The first-order chi connectivity index (χ1) is 15.0. The summed E-state index contributed by atoms with van der Waals surface area (Å²) in [6.07, 6.45) is 2.09. The fraction of sp³-hybridized carbons (Fsp3) is 0.261. The van der Waals surface area contributed by atoms with Crippen molar-refractivity contribution >= 4 is 34.6 Å². The Morgan fingerprint density at radius 2 is 1.74 bits per heavy atom. The topological polar surface area (TPSA) is 47.9 Å². The van der Waals surface area contributed by atoms with E-state index in [0.717, 1.165) is 30.0 Å². The minimum absolute atomic E-state index is 0.128. The minimum atomic E-state index is -0.128. The molecular formula is C23H24ClN3O3S. The molecule has 0 saturated heterocycles. The zero-order chi connectivity index (χ0) is 22.0. The molecule has 0 saturated carbocycles. The fourth-order valence-corrected chi connectivity index (χ4v) is 4.48. The van der Waals surface area contributed by atoms with Gasteiger partial charge in [0.1, 0.15) is 0 Å². The van der Waals surface area contributed by atoms with Gasteiger partial charge in [-0.15, -0.1) is 0 Å². The van der Waals surface area contributed by atoms with Crippen LogP contribution >= 0.6 is 23.8 Å². The summed E-state index contributed by atoms with van der Waals surface area (Å²) in [5.74, 6) is 1.77. The van der Waals surface area contributed by atoms with Crippen molar-refractivity contribution < 1.29 is 14.2 Å². The average Bonchev–Trinajstić information content (AvgIpc) is 3.26. The molecule has 0 aliphatic carbocycles. The van der Waals surface area contributed by atoms with Crippen LogP contribution in [0.25, 0.3) is 0 Å². The molecule has 1 aliphatic heterocycles. The van der Waals surface area contributed by atoms with Crippen LogP contribution in [0.1, 0.15) is 17.3 Å². The first-order valence-electron chi connectivity index (χ1n) is 9.84. The molecule has 0 fully saturated rings. The summed E-state index contributed by atoms with van der Waals surface area (Å²) >= 11 is 12.0. The highest BCUT2D eigenvalue weighted by molar-refractivity contribution is 7.80. The molecule has 6 nitrogen and oxygen atoms in total. The van der Waals surface area contributed by atoms with Crippen molar-refractivity contribution in [1.29, 1.82) is 0 Å². The van der Waals surface area contributed by atoms with Crippen LogP contribution in [0.5, 0.6) is 17.2 Å². The minimum Gasteiger partial charge on any atom is -0.493 e. The van der Waals surface area contributed by atoms with E-state index >= 15 is 0 Å². The second kappa shape index (κ2) is 9.08. The van der Waals surface area contributed by atoms with E-state index < -0.39 is 0 Å². The van der Waals surface area contributed by atoms with Crippen molar-refractivity contribution in [2.75, 3.05) is 33.2 Å². The van der Waals surface area contributed by atoms with Crippen molar-refractivity contribution in [3.8, 4) is 17.2 Å². The predicted molar refractivity (Wildman–Crippen MR) is 127 cm³/mol. The maximum Gasteiger partial charge on any atom is 0.203 e. The quantitative estimate of drug-likeness (QED) is 0.546. The Morgan fingerprint density at radius 1 is 1.00 bits per heavy atom. The normalized spacial score (nSPS) is 15.2. The maximum absolute atomic E-state index is 6.15. The Balaban J connectivity index is 1.76. The largest absolute Gasteiger partial charge is 0.493 e. The number of anilines is 1. The van der Waals surface area contributed by atoms with Gasteiger partial charge in [0, 0.05) is 35.7 Å². The number of benzene rings is 2. The maximum atomic E-state index is 6.15. The lowest BCUT2D eigenvalue weighted by atomic mass is 9.99. The van der Waals surface area contributed by atoms with Crippen LogP contribution in [0.15, 0.2) is 54.7 Å². The zero-order valence-corrected chi connectivity index (χ0v) is 19.2. The van der Waals surface area contributed by atoms with Gasteiger partial charge in [0.2, 0.25) is 5.75 Å². The molecule has 1 aromatic heterocycles. The number of hydrogen-bond acceptors (Lipinski definition) is 4. The van der Waals surface area contributed by atoms with Gasteiger partial charge in [-0.2, -0.15) is 0 Å². The van der Waals surface area contributed by atoms with E-state index in [1.54, 1.807) is 21.3 Å². The predicted octanol–water partition coefficient (Wildman–Crippen LogP) is 4.97. The summed E-state index contributed by atoms with van der Waals surface area (Å²) in [5.41, 5.74) is 2.97. The van der Waals surface area contributed by atoms with Crippen molar-refractivity contribution in [2.24, 2.45) is 0 Å². The Bertz CT molecular complexity index is 1080. The van der Waals surface area contributed by atoms with Gasteiger partial charge in [0.25, 0.3) is 0 Å². The number of halogens is 1. The molecule has 4 rings (SSSR count). The lowest BCUT2D eigenvalue weighted by Crippen LogP contribution is -2.44. The molecule has 1 unspecified atom stereocenters. The third-order valence-corrected chi connectivity index (χ3v) is 5.95. The number of nitrogens with one attached hydrogen (secondary N) is 1. The van der Waals surface area contributed by atoms with Gasteiger partial charge in [0.05, 0.1) is 27.4 Å². The molecule has 2 heterocycles. The molecule has 0 amide bonds. The van der Waals surface area contributed by atoms with Crippen molar-refractivity contribution in [1.82, 2.24) is 9.47 Å². The lowest BCUT2D eigenvalue weighted by molar-refractivity contribution is 0.288. The van der Waals surface area contributed by atoms with Gasteiger partial charge in [-0.05, 0) is 60.2 Å². The number of hydrogen-bond donors (Lipinski definition) is 1. The highest BCUT2D eigenvalue weighted by atomic mass is 35.5. The van der Waals surface area contributed by atoms with Crippen LogP contribution in [0.2, 0.25) is 5.02 Å². The van der Waals surface area contributed by atoms with E-state index in [0.29, 0.717) is 27.4 Å². The number of fused-ring (bicyclic) bond motifs is 1. The van der Waals surface area contributed by atoms with E-state index in [4.69, 9.17) is 38.0 Å². The molecule has 2 aromatic carbocycles. The van der Waals surface area contributed by atoms with Crippen molar-refractivity contribution in [3.63, 3.8) is 0 Å². The Hall–Kier alpha value is -2.90. The van der Waals surface area contributed by atoms with E-state index in [1.807, 2.05) is 36.4 Å². The average molecular weight is 458 g/mol. The number of aromatic nitrogens is 1. The monoisotopic (exact) mass is 457 g/mol. The van der Waals surface area contributed by atoms with Crippen LogP contribution in [-0.4, -0.2) is 42.5 Å². The lowest BCUT2D eigenvalue weighted by Gasteiger charge is -2.39. The van der Waals surface area contributed by atoms with E-state index in [-0.39, 0.29) is 6.04 Å². The summed E-state index contributed by atoms with van der Waals surface area (Å²) in [6, 6.07) is 15.5. The van der Waals surface area contributed by atoms with Crippen LogP contribution in [0, 0.1) is 0 Å². The second-order valence-electron chi connectivity index (χ2n) is 7.12. The molecular weight excluding hydrogens is 434 g/mol. The first kappa shape index (κ1) is 21.3. The number of thiocarbonyl (C=S) groups is 1. The summed E-state index contributed by atoms with van der Waals surface area (Å²) in [5, 5.41) is 4.60. The molecule has 0 radical (unpaired) electrons. The van der Waals surface area contributed by atoms with Crippen LogP contribution < -0.4 is 19.5 Å². The SMILES string of the molecule is COc1cc(C2c3cccn3CCN2C(=S)Nc2cccc(Cl)c2)cc(OC)c1OC. The molecule has 31 heavy (non-hydrogen) atoms. The Labute approximate surface area is 192 Å². The van der Waals surface area contributed by atoms with Gasteiger partial charge in [-0.3, -0.25) is 0 Å². The molecule has 1 atom stereocenters. The Kier molecular flexibility index (Phi) is 6.25. The highest BCUT2D eigenvalue weighted by Gasteiger charge is 2.32. The Morgan fingerprint density at radius 3 is 2.39 bits per heavy atom. The van der Waals surface area contributed by atoms with Gasteiger partial charge in [-0.25, -0.2) is 0 Å². The van der Waals surface area contributed by atoms with Gasteiger partial charge < -0.3 is 29.0 Å². The van der Waals surface area contributed by atoms with E-state index in [1.165, 1.54) is 0 Å². The smallest absolute Gasteiger partial charge is 0.203 e. The number of methoxy groups -OCH3 is 3. The van der Waals surface area contributed by atoms with Gasteiger partial charge in [-0.1, -0.05) is 17.7 Å². The molecule has 8 heteroatoms. The van der Waals surface area contributed by atoms with Crippen LogP contribution in [0.3, 0.4) is 0 Å². The van der Waals surface area contributed by atoms with Crippen LogP contribution in [-0.2, 0) is 6.54 Å². The summed E-state index contributed by atoms with van der Waals surface area (Å²) in [6.45, 7) is 1.58. The molecule has 1 aliphatic rings. The van der Waals surface area contributed by atoms with Crippen molar-refractivity contribution in [3.05, 3.63) is 71.0 Å². The van der Waals surface area contributed by atoms with Gasteiger partial charge in [0.15, 0.2) is 16.6 Å². The number of ether oxygens (including phenoxy) is 3. The molecule has 0 spiro atoms. The third-order valence-electron chi connectivity index (χ3n) is 5.38. The molecule has 0 bridgehead atoms. The highest BCUT2D eigenvalue weighted by Crippen LogP contribution is 2.43. The van der Waals surface area contributed by atoms with Crippen LogP contribution in [0.4, 0.5) is 5.69 Å². The molecule has 3 aromatic rings. The van der Waals surface area contributed by atoms with Crippen molar-refractivity contribution in [2.45, 2.75) is 12.6 Å². The molecule has 162 valence electrons. The first-order valence-corrected chi connectivity index (χ1v) is 10.6. The third kappa shape index (κ3) is 4.16. The van der Waals surface area contributed by atoms with E-state index in [9.17, 15) is 0 Å². The summed E-state index contributed by atoms with van der Waals surface area (Å²) < 4.78 is 18.9. The summed E-state index contributed by atoms with van der Waals surface area (Å²) in [7, 11) is 4.84. The zero-order valence-electron chi connectivity index (χ0n) is 17.6. The van der Waals surface area contributed by atoms with E-state index in [2.05, 4.69) is 33.1 Å².